The van der Waals surface area contributed by atoms with Gasteiger partial charge in [-0.05, 0) is 35.0 Å². The first-order chi connectivity index (χ1) is 9.77. The van der Waals surface area contributed by atoms with Gasteiger partial charge in [-0.2, -0.15) is 0 Å². The molecule has 114 valence electrons. The summed E-state index contributed by atoms with van der Waals surface area (Å²) < 4.78 is 31.2. The van der Waals surface area contributed by atoms with E-state index in [0.29, 0.717) is 0 Å². The molecule has 0 radical (unpaired) electrons. The van der Waals surface area contributed by atoms with Gasteiger partial charge < -0.3 is 9.64 Å². The molecular weight excluding hydrogens is 348 g/mol. The molecule has 0 aliphatic carbocycles. The number of benzene rings is 1. The summed E-state index contributed by atoms with van der Waals surface area (Å²) in [4.78, 5) is 25.7. The molecule has 0 saturated carbocycles. The molecule has 0 heterocycles. The Balaban J connectivity index is 3.30. The van der Waals surface area contributed by atoms with Crippen LogP contribution in [0.4, 0.5) is 8.78 Å². The van der Waals surface area contributed by atoms with Crippen LogP contribution in [0.5, 0.6) is 0 Å². The summed E-state index contributed by atoms with van der Waals surface area (Å²) in [5, 5.41) is 0. The molecule has 0 N–H and O–H groups in total. The fourth-order valence-corrected chi connectivity index (χ4v) is 2.01. The average molecular weight is 362 g/mol. The van der Waals surface area contributed by atoms with Crippen LogP contribution in [-0.4, -0.2) is 37.4 Å². The highest BCUT2D eigenvalue weighted by Gasteiger charge is 2.24. The van der Waals surface area contributed by atoms with E-state index < -0.39 is 23.4 Å². The topological polar surface area (TPSA) is 46.6 Å². The average Bonchev–Trinajstić information content (AvgIpc) is 2.39. The number of rotatable bonds is 5. The zero-order valence-corrected chi connectivity index (χ0v) is 13.3. The molecule has 0 bridgehead atoms. The SMILES string of the molecule is CCOC(=O)/C(=C\N(C)C)C(=O)c1cc(F)c(F)cc1Br. The maximum Gasteiger partial charge on any atom is 0.343 e. The highest BCUT2D eigenvalue weighted by Crippen LogP contribution is 2.23. The molecule has 7 heteroatoms. The van der Waals surface area contributed by atoms with E-state index in [-0.39, 0.29) is 22.2 Å². The normalized spacial score (nSPS) is 11.2. The molecule has 21 heavy (non-hydrogen) atoms. The summed E-state index contributed by atoms with van der Waals surface area (Å²) in [6.45, 7) is 1.69. The van der Waals surface area contributed by atoms with E-state index in [9.17, 15) is 18.4 Å². The number of esters is 1. The third-order valence-electron chi connectivity index (χ3n) is 2.38. The molecule has 0 fully saturated rings. The fraction of sp³-hybridized carbons (Fsp3) is 0.286. The van der Waals surface area contributed by atoms with E-state index in [4.69, 9.17) is 4.74 Å². The van der Waals surface area contributed by atoms with Crippen molar-refractivity contribution in [1.29, 1.82) is 0 Å². The van der Waals surface area contributed by atoms with E-state index in [2.05, 4.69) is 15.9 Å². The molecule has 1 aromatic carbocycles. The number of hydrogen-bond donors (Lipinski definition) is 0. The van der Waals surface area contributed by atoms with Crippen LogP contribution in [0.15, 0.2) is 28.4 Å². The van der Waals surface area contributed by atoms with Crippen molar-refractivity contribution in [3.8, 4) is 0 Å². The Bertz CT molecular complexity index is 600. The number of halogens is 3. The highest BCUT2D eigenvalue weighted by atomic mass is 79.9. The van der Waals surface area contributed by atoms with E-state index in [0.717, 1.165) is 12.1 Å². The summed E-state index contributed by atoms with van der Waals surface area (Å²) in [5.41, 5.74) is -0.427. The first-order valence-corrected chi connectivity index (χ1v) is 6.81. The minimum absolute atomic E-state index is 0.0559. The van der Waals surface area contributed by atoms with Crippen LogP contribution in [-0.2, 0) is 9.53 Å². The minimum atomic E-state index is -1.17. The first-order valence-electron chi connectivity index (χ1n) is 6.02. The number of nitrogens with zero attached hydrogens (tertiary/aromatic N) is 1. The number of carbonyl (C=O) groups is 2. The Hall–Kier alpha value is -1.76. The van der Waals surface area contributed by atoms with Crippen LogP contribution in [0.25, 0.3) is 0 Å². The van der Waals surface area contributed by atoms with Gasteiger partial charge in [0.15, 0.2) is 11.6 Å². The quantitative estimate of drug-likeness (QED) is 0.202. The van der Waals surface area contributed by atoms with Crippen LogP contribution < -0.4 is 0 Å². The summed E-state index contributed by atoms with van der Waals surface area (Å²) in [6, 6.07) is 1.57. The lowest BCUT2D eigenvalue weighted by Crippen LogP contribution is -2.20. The van der Waals surface area contributed by atoms with Gasteiger partial charge in [0, 0.05) is 30.3 Å². The third kappa shape index (κ3) is 4.35. The summed E-state index contributed by atoms with van der Waals surface area (Å²) in [5.74, 6) is -3.84. The van der Waals surface area contributed by atoms with Crippen LogP contribution in [0, 0.1) is 11.6 Å². The molecule has 0 aliphatic rings. The maximum atomic E-state index is 13.3. The lowest BCUT2D eigenvalue weighted by atomic mass is 10.0. The van der Waals surface area contributed by atoms with Crippen molar-refractivity contribution in [2.45, 2.75) is 6.92 Å². The monoisotopic (exact) mass is 361 g/mol. The molecule has 1 rings (SSSR count). The van der Waals surface area contributed by atoms with Gasteiger partial charge >= 0.3 is 5.97 Å². The zero-order valence-electron chi connectivity index (χ0n) is 11.7. The smallest absolute Gasteiger partial charge is 0.343 e. The van der Waals surface area contributed by atoms with Crippen LogP contribution in [0.2, 0.25) is 0 Å². The molecule has 1 aromatic rings. The Kier molecular flexibility index (Phi) is 6.02. The third-order valence-corrected chi connectivity index (χ3v) is 3.04. The summed E-state index contributed by atoms with van der Waals surface area (Å²) in [6.07, 6.45) is 1.27. The predicted octanol–water partition coefficient (Wildman–Crippen LogP) is 2.92. The van der Waals surface area contributed by atoms with Gasteiger partial charge in [0.1, 0.15) is 5.57 Å². The zero-order chi connectivity index (χ0) is 16.2. The summed E-state index contributed by atoms with van der Waals surface area (Å²) >= 11 is 2.98. The second-order valence-corrected chi connectivity index (χ2v) is 5.16. The minimum Gasteiger partial charge on any atom is -0.462 e. The molecule has 0 atom stereocenters. The molecule has 0 saturated heterocycles. The van der Waals surface area contributed by atoms with Gasteiger partial charge in [-0.25, -0.2) is 13.6 Å². The molecule has 0 aliphatic heterocycles. The van der Waals surface area contributed by atoms with E-state index in [1.807, 2.05) is 0 Å². The lowest BCUT2D eigenvalue weighted by Gasteiger charge is -2.11. The van der Waals surface area contributed by atoms with E-state index >= 15 is 0 Å². The number of ether oxygens (including phenoxy) is 1. The lowest BCUT2D eigenvalue weighted by molar-refractivity contribution is -0.138. The maximum absolute atomic E-state index is 13.3. The molecule has 0 spiro atoms. The Morgan fingerprint density at radius 3 is 2.38 bits per heavy atom. The summed E-state index contributed by atoms with van der Waals surface area (Å²) in [7, 11) is 3.24. The van der Waals surface area contributed by atoms with Crippen molar-refractivity contribution in [3.05, 3.63) is 45.6 Å². The fourth-order valence-electron chi connectivity index (χ4n) is 1.51. The van der Waals surface area contributed by atoms with Crippen molar-refractivity contribution in [2.24, 2.45) is 0 Å². The number of Topliss-reactive ketones (excluding diaryl/α,β-unsaturated/α-hetero) is 1. The Labute approximate surface area is 129 Å². The van der Waals surface area contributed by atoms with Crippen molar-refractivity contribution in [1.82, 2.24) is 4.90 Å². The number of hydrogen-bond acceptors (Lipinski definition) is 4. The van der Waals surface area contributed by atoms with Gasteiger partial charge in [-0.3, -0.25) is 4.79 Å². The Morgan fingerprint density at radius 1 is 1.29 bits per heavy atom. The second-order valence-electron chi connectivity index (χ2n) is 4.30. The van der Waals surface area contributed by atoms with Crippen molar-refractivity contribution < 1.29 is 23.1 Å². The van der Waals surface area contributed by atoms with Crippen LogP contribution in [0.3, 0.4) is 0 Å². The van der Waals surface area contributed by atoms with Gasteiger partial charge in [0.2, 0.25) is 5.78 Å². The van der Waals surface area contributed by atoms with Gasteiger partial charge in [-0.15, -0.1) is 0 Å². The predicted molar refractivity (Wildman–Crippen MR) is 76.8 cm³/mol. The number of carbonyl (C=O) groups excluding carboxylic acids is 2. The molecule has 4 nitrogen and oxygen atoms in total. The van der Waals surface area contributed by atoms with Gasteiger partial charge in [0.25, 0.3) is 0 Å². The standard InChI is InChI=1S/C14H14BrF2NO3/c1-4-21-14(20)9(7-18(2)3)13(19)8-5-11(16)12(17)6-10(8)15/h5-7H,4H2,1-3H3/b9-7-. The largest absolute Gasteiger partial charge is 0.462 e. The Morgan fingerprint density at radius 2 is 1.86 bits per heavy atom. The van der Waals surface area contributed by atoms with Crippen molar-refractivity contribution in [2.75, 3.05) is 20.7 Å². The van der Waals surface area contributed by atoms with E-state index in [1.54, 1.807) is 21.0 Å². The van der Waals surface area contributed by atoms with E-state index in [1.165, 1.54) is 11.1 Å². The second kappa shape index (κ2) is 7.31. The van der Waals surface area contributed by atoms with Crippen molar-refractivity contribution in [3.63, 3.8) is 0 Å². The molecule has 0 unspecified atom stereocenters. The first kappa shape index (κ1) is 17.3. The molecule has 0 amide bonds. The highest BCUT2D eigenvalue weighted by molar-refractivity contribution is 9.10. The molecular formula is C14H14BrF2NO3. The van der Waals surface area contributed by atoms with Gasteiger partial charge in [-0.1, -0.05) is 0 Å². The number of ketones is 1. The van der Waals surface area contributed by atoms with Crippen LogP contribution in [0.1, 0.15) is 17.3 Å². The van der Waals surface area contributed by atoms with Crippen molar-refractivity contribution >= 4 is 27.7 Å². The van der Waals surface area contributed by atoms with Crippen LogP contribution >= 0.6 is 15.9 Å². The van der Waals surface area contributed by atoms with Gasteiger partial charge in [0.05, 0.1) is 6.61 Å². The molecule has 0 aromatic heterocycles.